The third kappa shape index (κ3) is 11.9. The molecule has 4 aromatic heterocycles. The summed E-state index contributed by atoms with van der Waals surface area (Å²) in [5.41, 5.74) is 1.10. The van der Waals surface area contributed by atoms with Crippen LogP contribution in [0.15, 0.2) is 126 Å². The van der Waals surface area contributed by atoms with Gasteiger partial charge in [0.25, 0.3) is 0 Å². The molecule has 0 fully saturated rings. The molecule has 6 nitrogen and oxygen atoms in total. The van der Waals surface area contributed by atoms with Crippen molar-refractivity contribution in [2.24, 2.45) is 11.8 Å². The fourth-order valence-corrected chi connectivity index (χ4v) is 15.4. The molecule has 0 spiro atoms. The molecule has 0 saturated heterocycles. The van der Waals surface area contributed by atoms with Crippen LogP contribution >= 0.6 is 55.4 Å². The molecule has 8 rings (SSSR count). The monoisotopic (exact) mass is 1070 g/mol. The van der Waals surface area contributed by atoms with Crippen LogP contribution in [0.2, 0.25) is 0 Å². The Hall–Kier alpha value is -4.59. The number of unbranched alkanes of at least 4 members (excludes halogenated alkanes) is 2. The van der Waals surface area contributed by atoms with E-state index in [0.29, 0.717) is 60.5 Å². The lowest BCUT2D eigenvalue weighted by Gasteiger charge is -2.31. The lowest BCUT2D eigenvalue weighted by Crippen LogP contribution is -2.29. The second-order valence-electron chi connectivity index (χ2n) is 20.2. The first-order valence-electron chi connectivity index (χ1n) is 26.0. The number of benzene rings is 4. The third-order valence-electron chi connectivity index (χ3n) is 13.7. The van der Waals surface area contributed by atoms with Gasteiger partial charge in [-0.3, -0.25) is 0 Å². The molecule has 2 N–H and O–H groups in total. The molecule has 0 amide bonds. The van der Waals surface area contributed by atoms with Crippen LogP contribution in [0.3, 0.4) is 0 Å². The Kier molecular flexibility index (Phi) is 17.9. The van der Waals surface area contributed by atoms with Gasteiger partial charge in [0.05, 0.1) is 45.6 Å². The zero-order chi connectivity index (χ0) is 51.9. The summed E-state index contributed by atoms with van der Waals surface area (Å²) in [6.07, 6.45) is 13.0. The van der Waals surface area contributed by atoms with Crippen LogP contribution in [0.5, 0.6) is 23.0 Å². The minimum Gasteiger partial charge on any atom is -0.494 e. The summed E-state index contributed by atoms with van der Waals surface area (Å²) in [7, 11) is -1.09. The van der Waals surface area contributed by atoms with Crippen LogP contribution in [-0.2, 0) is 11.2 Å². The lowest BCUT2D eigenvalue weighted by molar-refractivity contribution is 0.127. The van der Waals surface area contributed by atoms with Gasteiger partial charge in [-0.05, 0) is 145 Å². The van der Waals surface area contributed by atoms with Crippen molar-refractivity contribution < 1.29 is 29.2 Å². The van der Waals surface area contributed by atoms with Gasteiger partial charge in [0.15, 0.2) is 0 Å². The summed E-state index contributed by atoms with van der Waals surface area (Å²) < 4.78 is 28.2. The van der Waals surface area contributed by atoms with Crippen molar-refractivity contribution in [3.8, 4) is 42.5 Å². The van der Waals surface area contributed by atoms with Gasteiger partial charge in [-0.15, -0.1) is 45.3 Å². The Morgan fingerprint density at radius 1 is 0.466 bits per heavy atom. The van der Waals surface area contributed by atoms with E-state index in [1.165, 1.54) is 9.09 Å². The number of ether oxygens (including phenoxy) is 4. The van der Waals surface area contributed by atoms with Crippen molar-refractivity contribution in [2.45, 2.75) is 102 Å². The molecule has 0 saturated carbocycles. The second kappa shape index (κ2) is 24.0. The van der Waals surface area contributed by atoms with E-state index in [-0.39, 0.29) is 0 Å². The van der Waals surface area contributed by atoms with Gasteiger partial charge in [0, 0.05) is 30.0 Å². The van der Waals surface area contributed by atoms with E-state index in [2.05, 4.69) is 91.5 Å². The second-order valence-corrected chi connectivity index (χ2v) is 29.0. The highest BCUT2D eigenvalue weighted by Crippen LogP contribution is 2.61. The van der Waals surface area contributed by atoms with E-state index in [9.17, 15) is 10.2 Å². The molecule has 0 aliphatic carbocycles. The molecule has 0 radical (unpaired) electrons. The van der Waals surface area contributed by atoms with Crippen LogP contribution in [0, 0.1) is 18.8 Å². The average Bonchev–Trinajstić information content (AvgIpc) is 4.22. The smallest absolute Gasteiger partial charge is 0.143 e. The van der Waals surface area contributed by atoms with Gasteiger partial charge in [-0.1, -0.05) is 116 Å². The maximum absolute atomic E-state index is 14.4. The van der Waals surface area contributed by atoms with Crippen molar-refractivity contribution in [3.05, 3.63) is 160 Å². The molecule has 0 bridgehead atoms. The number of aliphatic hydroxyl groups is 2. The lowest BCUT2D eigenvalue weighted by atomic mass is 9.78. The van der Waals surface area contributed by atoms with E-state index in [0.717, 1.165) is 102 Å². The molecular formula is C62H74O6S5. The highest BCUT2D eigenvalue weighted by Gasteiger charge is 2.45. The number of hydrogen-bond donors (Lipinski definition) is 2. The Balaban J connectivity index is 1.44. The minimum absolute atomic E-state index is 0.410. The van der Waals surface area contributed by atoms with Crippen LogP contribution in [-0.4, -0.2) is 55.4 Å². The summed E-state index contributed by atoms with van der Waals surface area (Å²) in [5, 5.41) is 28.7. The number of aryl methyl sites for hydroxylation is 1. The SMILES string of the molecule is CCCCOc1ccc(C(O)(c2ccc(OCC(C)CC)cc2)c2c(-c3ccc(C)s3)sc3c(C(O)(c4ccc(OCCCC)cc4)c4ccc(OCC(C)CC)cc4)c(-c4ccc(S(C)(C)C)s4)sc23)cc1. The quantitative estimate of drug-likeness (QED) is 0.0556. The van der Waals surface area contributed by atoms with Gasteiger partial charge in [0.1, 0.15) is 34.2 Å². The van der Waals surface area contributed by atoms with Gasteiger partial charge >= 0.3 is 0 Å². The summed E-state index contributed by atoms with van der Waals surface area (Å²) in [5.74, 6) is 3.86. The van der Waals surface area contributed by atoms with Crippen molar-refractivity contribution in [1.82, 2.24) is 0 Å². The molecule has 0 aliphatic rings. The first kappa shape index (κ1) is 54.7. The molecule has 4 aromatic carbocycles. The number of hydrogen-bond acceptors (Lipinski definition) is 10. The van der Waals surface area contributed by atoms with Gasteiger partial charge in [0.2, 0.25) is 0 Å². The Morgan fingerprint density at radius 3 is 1.14 bits per heavy atom. The molecule has 4 heterocycles. The van der Waals surface area contributed by atoms with Crippen LogP contribution < -0.4 is 18.9 Å². The normalized spacial score (nSPS) is 14.6. The molecule has 11 heteroatoms. The van der Waals surface area contributed by atoms with E-state index < -0.39 is 21.2 Å². The minimum atomic E-state index is -1.67. The highest BCUT2D eigenvalue weighted by atomic mass is 32.3. The fraction of sp³-hybridized carbons (Fsp3) is 0.387. The maximum atomic E-state index is 14.4. The predicted molar refractivity (Wildman–Crippen MR) is 315 cm³/mol. The number of fused-ring (bicyclic) bond motifs is 1. The van der Waals surface area contributed by atoms with Gasteiger partial charge in [-0.25, -0.2) is 10.0 Å². The first-order valence-corrected chi connectivity index (χ1v) is 32.1. The summed E-state index contributed by atoms with van der Waals surface area (Å²) in [6, 6.07) is 40.9. The predicted octanol–water partition coefficient (Wildman–Crippen LogP) is 17.6. The zero-order valence-corrected chi connectivity index (χ0v) is 48.4. The maximum Gasteiger partial charge on any atom is 0.143 e. The molecule has 8 aromatic rings. The Labute approximate surface area is 452 Å². The topological polar surface area (TPSA) is 77.4 Å². The van der Waals surface area contributed by atoms with E-state index in [1.807, 2.05) is 97.1 Å². The first-order chi connectivity index (χ1) is 35.1. The van der Waals surface area contributed by atoms with Crippen LogP contribution in [0.1, 0.15) is 118 Å². The van der Waals surface area contributed by atoms with Gasteiger partial charge in [-0.2, -0.15) is 0 Å². The van der Waals surface area contributed by atoms with Crippen molar-refractivity contribution in [3.63, 3.8) is 0 Å². The summed E-state index contributed by atoms with van der Waals surface area (Å²) in [6.45, 7) is 17.7. The summed E-state index contributed by atoms with van der Waals surface area (Å²) >= 11 is 6.84. The van der Waals surface area contributed by atoms with Gasteiger partial charge < -0.3 is 29.2 Å². The van der Waals surface area contributed by atoms with Crippen molar-refractivity contribution in [2.75, 3.05) is 45.2 Å². The third-order valence-corrected chi connectivity index (χ3v) is 21.6. The molecule has 4 atom stereocenters. The molecule has 4 unspecified atom stereocenters. The van der Waals surface area contributed by atoms with E-state index in [4.69, 9.17) is 18.9 Å². The summed E-state index contributed by atoms with van der Waals surface area (Å²) in [4.78, 5) is 5.22. The highest BCUT2D eigenvalue weighted by molar-refractivity contribution is 8.33. The van der Waals surface area contributed by atoms with Crippen LogP contribution in [0.4, 0.5) is 0 Å². The zero-order valence-electron chi connectivity index (χ0n) is 44.3. The Bertz CT molecular complexity index is 3010. The standard InChI is InChI=1S/C62H74O6S5/c1-11-15-37-65-48-26-18-44(19-27-48)61(63,46-22-30-50(31-23-46)67-39-41(5)13-3)55-57(52-34-17-43(7)69-52)71-60-56(58(72-59(55)60)53-35-36-54(70-53)73(8,9)10)62(64,45-20-28-49(29-21-45)66-38-16-12-2)47-24-32-51(33-25-47)68-40-42(6)14-4/h17-36,41-42,63-64H,11-16,37-40H2,1-10H3. The molecule has 0 aliphatic heterocycles. The molecule has 388 valence electrons. The van der Waals surface area contributed by atoms with E-state index in [1.54, 1.807) is 45.3 Å². The number of rotatable bonds is 25. The van der Waals surface area contributed by atoms with E-state index >= 15 is 0 Å². The average molecular weight is 1080 g/mol. The number of thiophene rings is 4. The fourth-order valence-electron chi connectivity index (χ4n) is 8.73. The largest absolute Gasteiger partial charge is 0.494 e. The Morgan fingerprint density at radius 2 is 0.822 bits per heavy atom. The van der Waals surface area contributed by atoms with Crippen molar-refractivity contribution >= 4 is 64.8 Å². The van der Waals surface area contributed by atoms with Crippen molar-refractivity contribution in [1.29, 1.82) is 0 Å². The van der Waals surface area contributed by atoms with Crippen LogP contribution in [0.25, 0.3) is 28.9 Å². The molecule has 73 heavy (non-hydrogen) atoms. The molecular weight excluding hydrogens is 1000 g/mol.